The van der Waals surface area contributed by atoms with Gasteiger partial charge in [-0.3, -0.25) is 14.8 Å². The summed E-state index contributed by atoms with van der Waals surface area (Å²) in [6.45, 7) is 4.80. The SMILES string of the molecule is CC(=O)N1CCCN(c2ccc(C(C(=O)NO)c3ccccc3)cc2)CC1. The Kier molecular flexibility index (Phi) is 6.08. The molecule has 1 saturated heterocycles. The van der Waals surface area contributed by atoms with E-state index < -0.39 is 11.8 Å². The lowest BCUT2D eigenvalue weighted by atomic mass is 9.90. The Hall–Kier alpha value is -2.86. The highest BCUT2D eigenvalue weighted by Gasteiger charge is 2.23. The van der Waals surface area contributed by atoms with E-state index in [4.69, 9.17) is 5.21 Å². The zero-order valence-corrected chi connectivity index (χ0v) is 15.5. The Balaban J connectivity index is 1.79. The molecule has 0 aliphatic carbocycles. The van der Waals surface area contributed by atoms with Crippen LogP contribution in [0.2, 0.25) is 0 Å². The topological polar surface area (TPSA) is 72.9 Å². The van der Waals surface area contributed by atoms with Gasteiger partial charge >= 0.3 is 0 Å². The third-order valence-electron chi connectivity index (χ3n) is 5.04. The first kappa shape index (κ1) is 18.9. The second-order valence-electron chi connectivity index (χ2n) is 6.76. The Morgan fingerprint density at radius 1 is 0.926 bits per heavy atom. The minimum atomic E-state index is -0.567. The van der Waals surface area contributed by atoms with Gasteiger partial charge in [-0.1, -0.05) is 42.5 Å². The Bertz CT molecular complexity index is 777. The molecule has 0 saturated carbocycles. The van der Waals surface area contributed by atoms with Crippen LogP contribution in [0.25, 0.3) is 0 Å². The molecule has 2 N–H and O–H groups in total. The Morgan fingerprint density at radius 2 is 1.59 bits per heavy atom. The van der Waals surface area contributed by atoms with Gasteiger partial charge in [0, 0.05) is 38.8 Å². The van der Waals surface area contributed by atoms with Gasteiger partial charge in [-0.05, 0) is 29.7 Å². The van der Waals surface area contributed by atoms with Crippen molar-refractivity contribution >= 4 is 17.5 Å². The molecule has 1 fully saturated rings. The summed E-state index contributed by atoms with van der Waals surface area (Å²) in [6.07, 6.45) is 0.931. The predicted octanol–water partition coefficient (Wildman–Crippen LogP) is 2.38. The molecular formula is C21H25N3O3. The number of hydrogen-bond acceptors (Lipinski definition) is 4. The van der Waals surface area contributed by atoms with Crippen LogP contribution in [0.3, 0.4) is 0 Å². The molecule has 1 aliphatic heterocycles. The molecule has 27 heavy (non-hydrogen) atoms. The van der Waals surface area contributed by atoms with Gasteiger partial charge in [0.15, 0.2) is 0 Å². The van der Waals surface area contributed by atoms with Crippen LogP contribution in [-0.2, 0) is 9.59 Å². The average Bonchev–Trinajstić information content (AvgIpc) is 2.96. The van der Waals surface area contributed by atoms with Crippen LogP contribution in [0.5, 0.6) is 0 Å². The van der Waals surface area contributed by atoms with Gasteiger partial charge in [0.25, 0.3) is 5.91 Å². The average molecular weight is 367 g/mol. The summed E-state index contributed by atoms with van der Waals surface area (Å²) in [5.41, 5.74) is 4.49. The number of anilines is 1. The van der Waals surface area contributed by atoms with Crippen LogP contribution in [-0.4, -0.2) is 48.1 Å². The number of carbonyl (C=O) groups excluding carboxylic acids is 2. The van der Waals surface area contributed by atoms with E-state index in [1.165, 1.54) is 0 Å². The fraction of sp³-hybridized carbons (Fsp3) is 0.333. The smallest absolute Gasteiger partial charge is 0.255 e. The monoisotopic (exact) mass is 367 g/mol. The van der Waals surface area contributed by atoms with Gasteiger partial charge in [0.1, 0.15) is 0 Å². The van der Waals surface area contributed by atoms with Crippen LogP contribution in [0.4, 0.5) is 5.69 Å². The lowest BCUT2D eigenvalue weighted by Gasteiger charge is -2.24. The third kappa shape index (κ3) is 4.46. The maximum absolute atomic E-state index is 12.2. The molecule has 0 spiro atoms. The second kappa shape index (κ2) is 8.68. The zero-order chi connectivity index (χ0) is 19.2. The van der Waals surface area contributed by atoms with Crippen LogP contribution < -0.4 is 10.4 Å². The van der Waals surface area contributed by atoms with Gasteiger partial charge in [0.2, 0.25) is 5.91 Å². The number of hydroxylamine groups is 1. The normalized spacial score (nSPS) is 15.8. The van der Waals surface area contributed by atoms with E-state index >= 15 is 0 Å². The third-order valence-corrected chi connectivity index (χ3v) is 5.04. The lowest BCUT2D eigenvalue weighted by Crippen LogP contribution is -2.33. The molecular weight excluding hydrogens is 342 g/mol. The van der Waals surface area contributed by atoms with Crippen molar-refractivity contribution in [2.45, 2.75) is 19.3 Å². The van der Waals surface area contributed by atoms with Crippen molar-refractivity contribution < 1.29 is 14.8 Å². The number of nitrogens with one attached hydrogen (secondary N) is 1. The fourth-order valence-corrected chi connectivity index (χ4v) is 3.57. The molecule has 0 aromatic heterocycles. The molecule has 1 heterocycles. The van der Waals surface area contributed by atoms with E-state index in [0.29, 0.717) is 0 Å². The molecule has 2 aromatic carbocycles. The first-order valence-corrected chi connectivity index (χ1v) is 9.19. The number of amides is 2. The quantitative estimate of drug-likeness (QED) is 0.643. The van der Waals surface area contributed by atoms with Crippen LogP contribution in [0.15, 0.2) is 54.6 Å². The molecule has 142 valence electrons. The molecule has 1 atom stereocenters. The van der Waals surface area contributed by atoms with E-state index in [0.717, 1.165) is 49.4 Å². The maximum atomic E-state index is 12.2. The standard InChI is InChI=1S/C21H25N3O3/c1-16(25)23-12-5-13-24(15-14-23)19-10-8-18(9-11-19)20(21(26)22-27)17-6-3-2-4-7-17/h2-4,6-11,20,27H,5,12-15H2,1H3,(H,22,26). The van der Waals surface area contributed by atoms with E-state index in [9.17, 15) is 9.59 Å². The van der Waals surface area contributed by atoms with Gasteiger partial charge in [0.05, 0.1) is 5.92 Å². The number of benzene rings is 2. The van der Waals surface area contributed by atoms with Gasteiger partial charge < -0.3 is 9.80 Å². The number of carbonyl (C=O) groups is 2. The zero-order valence-electron chi connectivity index (χ0n) is 15.5. The second-order valence-corrected chi connectivity index (χ2v) is 6.76. The highest BCUT2D eigenvalue weighted by molar-refractivity contribution is 5.86. The van der Waals surface area contributed by atoms with Crippen LogP contribution in [0.1, 0.15) is 30.4 Å². The summed E-state index contributed by atoms with van der Waals surface area (Å²) in [6, 6.07) is 17.2. The van der Waals surface area contributed by atoms with E-state index in [1.54, 1.807) is 12.4 Å². The molecule has 6 heteroatoms. The molecule has 0 bridgehead atoms. The van der Waals surface area contributed by atoms with Gasteiger partial charge in [-0.25, -0.2) is 5.48 Å². The highest BCUT2D eigenvalue weighted by Crippen LogP contribution is 2.27. The van der Waals surface area contributed by atoms with Gasteiger partial charge in [-0.15, -0.1) is 0 Å². The van der Waals surface area contributed by atoms with Crippen molar-refractivity contribution in [3.05, 3.63) is 65.7 Å². The van der Waals surface area contributed by atoms with Crippen molar-refractivity contribution in [3.8, 4) is 0 Å². The molecule has 3 rings (SSSR count). The number of nitrogens with zero attached hydrogens (tertiary/aromatic N) is 2. The fourth-order valence-electron chi connectivity index (χ4n) is 3.57. The van der Waals surface area contributed by atoms with Crippen molar-refractivity contribution in [1.82, 2.24) is 10.4 Å². The summed E-state index contributed by atoms with van der Waals surface area (Å²) >= 11 is 0. The summed E-state index contributed by atoms with van der Waals surface area (Å²) in [5, 5.41) is 9.15. The highest BCUT2D eigenvalue weighted by atomic mass is 16.5. The van der Waals surface area contributed by atoms with Crippen LogP contribution >= 0.6 is 0 Å². The molecule has 2 aromatic rings. The van der Waals surface area contributed by atoms with Crippen molar-refractivity contribution in [2.75, 3.05) is 31.1 Å². The predicted molar refractivity (Wildman–Crippen MR) is 104 cm³/mol. The molecule has 2 amide bonds. The van der Waals surface area contributed by atoms with Crippen molar-refractivity contribution in [1.29, 1.82) is 0 Å². The Labute approximate surface area is 159 Å². The van der Waals surface area contributed by atoms with Crippen molar-refractivity contribution in [3.63, 3.8) is 0 Å². The van der Waals surface area contributed by atoms with Crippen molar-refractivity contribution in [2.24, 2.45) is 0 Å². The lowest BCUT2D eigenvalue weighted by molar-refractivity contribution is -0.130. The molecule has 1 unspecified atom stereocenters. The first-order chi connectivity index (χ1) is 13.1. The van der Waals surface area contributed by atoms with E-state index in [1.807, 2.05) is 59.5 Å². The molecule has 1 aliphatic rings. The minimum Gasteiger partial charge on any atom is -0.370 e. The number of rotatable bonds is 4. The van der Waals surface area contributed by atoms with E-state index in [-0.39, 0.29) is 5.91 Å². The first-order valence-electron chi connectivity index (χ1n) is 9.19. The van der Waals surface area contributed by atoms with Gasteiger partial charge in [-0.2, -0.15) is 0 Å². The molecule has 0 radical (unpaired) electrons. The van der Waals surface area contributed by atoms with E-state index in [2.05, 4.69) is 4.90 Å². The van der Waals surface area contributed by atoms with Crippen LogP contribution in [0, 0.1) is 0 Å². The maximum Gasteiger partial charge on any atom is 0.255 e. The summed E-state index contributed by atoms with van der Waals surface area (Å²) in [5.74, 6) is -0.906. The minimum absolute atomic E-state index is 0.118. The summed E-state index contributed by atoms with van der Waals surface area (Å²) < 4.78 is 0. The number of hydrogen-bond donors (Lipinski definition) is 2. The summed E-state index contributed by atoms with van der Waals surface area (Å²) in [4.78, 5) is 28.0. The Morgan fingerprint density at radius 3 is 2.22 bits per heavy atom. The summed E-state index contributed by atoms with van der Waals surface area (Å²) in [7, 11) is 0. The molecule has 6 nitrogen and oxygen atoms in total. The largest absolute Gasteiger partial charge is 0.370 e.